The second kappa shape index (κ2) is 29.2. The van der Waals surface area contributed by atoms with Gasteiger partial charge in [-0.25, -0.2) is 29.9 Å². The molecule has 0 saturated heterocycles. The van der Waals surface area contributed by atoms with E-state index in [1.807, 2.05) is 60.7 Å². The molecule has 6 aromatic heterocycles. The smallest absolute Gasteiger partial charge is 0.160 e. The predicted octanol–water partition coefficient (Wildman–Crippen LogP) is 26.0. The molecule has 0 radical (unpaired) electrons. The second-order valence-corrected chi connectivity index (χ2v) is 28.7. The first-order valence-electron chi connectivity index (χ1n) is 37.1. The Hall–Kier alpha value is -14.6. The van der Waals surface area contributed by atoms with E-state index < -0.39 is 0 Å². The lowest BCUT2D eigenvalue weighted by molar-refractivity contribution is 1.18. The number of hydrogen-bond donors (Lipinski definition) is 0. The Kier molecular flexibility index (Phi) is 17.4. The fourth-order valence-electron chi connectivity index (χ4n) is 15.3. The first-order valence-corrected chi connectivity index (χ1v) is 38.6. The van der Waals surface area contributed by atoms with Crippen molar-refractivity contribution in [3.63, 3.8) is 0 Å². The van der Waals surface area contributed by atoms with E-state index >= 15 is 0 Å². The Bertz CT molecular complexity index is 7020. The Morgan fingerprint density at radius 2 is 0.438 bits per heavy atom. The van der Waals surface area contributed by atoms with E-state index in [0.717, 1.165) is 200 Å². The van der Waals surface area contributed by atoms with Crippen LogP contribution in [0.5, 0.6) is 0 Å². The van der Waals surface area contributed by atoms with Crippen LogP contribution in [-0.2, 0) is 0 Å². The summed E-state index contributed by atoms with van der Waals surface area (Å²) in [6, 6.07) is 130. The molecule has 15 aromatic carbocycles. The zero-order valence-corrected chi connectivity index (χ0v) is 61.7. The van der Waals surface area contributed by atoms with Gasteiger partial charge in [0.2, 0.25) is 0 Å². The molecule has 0 atom stereocenters. The van der Waals surface area contributed by atoms with E-state index in [4.69, 9.17) is 47.4 Å². The Balaban J connectivity index is 0.000000147. The van der Waals surface area contributed by atoms with Crippen LogP contribution >= 0.6 is 23.5 Å². The molecular weight excluding hydrogens is 1410 g/mol. The molecule has 0 bridgehead atoms. The summed E-state index contributed by atoms with van der Waals surface area (Å²) in [4.78, 5) is 31.3. The topological polar surface area (TPSA) is 129 Å². The second-order valence-electron chi connectivity index (χ2n) is 27.6. The van der Waals surface area contributed by atoms with Crippen LogP contribution in [0.3, 0.4) is 0 Å². The molecule has 10 nitrogen and oxygen atoms in total. The summed E-state index contributed by atoms with van der Waals surface area (Å²) >= 11 is 2.49. The molecule has 0 aliphatic carbocycles. The number of para-hydroxylation sites is 2. The Morgan fingerprint density at radius 3 is 0.812 bits per heavy atom. The largest absolute Gasteiger partial charge is 0.247 e. The van der Waals surface area contributed by atoms with E-state index in [0.29, 0.717) is 11.6 Å². The van der Waals surface area contributed by atoms with Gasteiger partial charge in [-0.1, -0.05) is 309 Å². The monoisotopic (exact) mass is 1470 g/mol. The molecule has 112 heavy (non-hydrogen) atoms. The van der Waals surface area contributed by atoms with Crippen LogP contribution in [0.15, 0.2) is 376 Å². The quantitative estimate of drug-likeness (QED) is 0.103. The lowest BCUT2D eigenvalue weighted by Crippen LogP contribution is -1.97. The standard InChI is InChI=1S/C53H33N5S.C47H29N5S/c1-4-15-34(16-5-1)37-21-12-24-40(29-37)47-33-48(56-53(55-47)42-26-13-22-38(30-42)35-17-6-2-7-18-35)41-25-14-23-39(31-41)44-32-45-49(52-51(44)57-59-58-52)43-27-10-11-28-46(43)54-50(45)36-19-8-3-9-20-36;1-4-14-30(15-5-1)33-20-12-23-36(26-33)47-49-41(31-16-6-2-7-17-31)29-42(50-47)35-22-13-21-34(27-35)38-28-39-43(46-45(38)51-53-52-46)37-24-10-11-25-40(37)48-44(39)32-18-8-3-9-19-32/h1-33H;1-29H. The van der Waals surface area contributed by atoms with Gasteiger partial charge in [0.15, 0.2) is 11.6 Å². The van der Waals surface area contributed by atoms with Gasteiger partial charge >= 0.3 is 0 Å². The third kappa shape index (κ3) is 12.8. The summed E-state index contributed by atoms with van der Waals surface area (Å²) in [7, 11) is 0. The maximum Gasteiger partial charge on any atom is 0.160 e. The number of aromatic nitrogens is 10. The lowest BCUT2D eigenvalue weighted by atomic mass is 9.93. The van der Waals surface area contributed by atoms with Crippen molar-refractivity contribution in [2.75, 3.05) is 0 Å². The summed E-state index contributed by atoms with van der Waals surface area (Å²) < 4.78 is 19.6. The van der Waals surface area contributed by atoms with Gasteiger partial charge in [0.05, 0.1) is 68.7 Å². The van der Waals surface area contributed by atoms with Gasteiger partial charge in [-0.05, 0) is 111 Å². The molecule has 12 heteroatoms. The molecular formula is C100H62N10S2. The van der Waals surface area contributed by atoms with Gasteiger partial charge in [0, 0.05) is 88.0 Å². The lowest BCUT2D eigenvalue weighted by Gasteiger charge is -2.14. The van der Waals surface area contributed by atoms with E-state index in [1.54, 1.807) is 0 Å². The van der Waals surface area contributed by atoms with Gasteiger partial charge in [-0.3, -0.25) is 0 Å². The molecule has 0 aliphatic heterocycles. The van der Waals surface area contributed by atoms with E-state index in [1.165, 1.54) is 23.5 Å². The zero-order chi connectivity index (χ0) is 74.3. The van der Waals surface area contributed by atoms with Crippen LogP contribution in [0.2, 0.25) is 0 Å². The molecule has 524 valence electrons. The third-order valence-electron chi connectivity index (χ3n) is 20.7. The molecule has 0 fully saturated rings. The van der Waals surface area contributed by atoms with Gasteiger partial charge in [-0.2, -0.15) is 17.5 Å². The van der Waals surface area contributed by atoms with E-state index in [2.05, 4.69) is 315 Å². The van der Waals surface area contributed by atoms with Gasteiger partial charge in [-0.15, -0.1) is 0 Å². The highest BCUT2D eigenvalue weighted by atomic mass is 32.1. The molecule has 0 spiro atoms. The van der Waals surface area contributed by atoms with Crippen LogP contribution in [0.1, 0.15) is 0 Å². The average molecular weight is 1470 g/mol. The van der Waals surface area contributed by atoms with Crippen molar-refractivity contribution in [1.82, 2.24) is 47.4 Å². The Labute approximate surface area is 653 Å². The highest BCUT2D eigenvalue weighted by molar-refractivity contribution is 7.00. The predicted molar refractivity (Wildman–Crippen MR) is 462 cm³/mol. The summed E-state index contributed by atoms with van der Waals surface area (Å²) in [5.41, 5.74) is 29.5. The molecule has 0 saturated carbocycles. The summed E-state index contributed by atoms with van der Waals surface area (Å²) in [6.07, 6.45) is 0. The van der Waals surface area contributed by atoms with Crippen LogP contribution in [-0.4, -0.2) is 47.4 Å². The molecule has 0 aliphatic rings. The molecule has 0 unspecified atom stereocenters. The van der Waals surface area contributed by atoms with Crippen LogP contribution in [0.4, 0.5) is 0 Å². The van der Waals surface area contributed by atoms with Gasteiger partial charge < -0.3 is 0 Å². The fraction of sp³-hybridized carbons (Fsp3) is 0. The minimum Gasteiger partial charge on any atom is -0.247 e. The van der Waals surface area contributed by atoms with Crippen molar-refractivity contribution in [3.05, 3.63) is 376 Å². The fourth-order valence-corrected chi connectivity index (χ4v) is 16.4. The SMILES string of the molecule is c1ccc(-c2cccc(-c3cc(-c4cccc(-c5cc6c(-c7ccccc7)nc7ccccc7c6c6nsnc56)c4)nc(-c4cccc(-c5ccccc5)c4)n3)c2)cc1.c1ccc(-c2cccc(-c3nc(-c4ccccc4)cc(-c4cccc(-c5cc6c(-c7ccccc7)nc7ccccc7c6c6nsnc56)c4)n3)c2)cc1. The normalized spacial score (nSPS) is 11.4. The minimum atomic E-state index is 0.660. The summed E-state index contributed by atoms with van der Waals surface area (Å²) in [6.45, 7) is 0. The first-order chi connectivity index (χ1) is 55.5. The summed E-state index contributed by atoms with van der Waals surface area (Å²) in [5.74, 6) is 1.33. The number of fused-ring (bicyclic) bond motifs is 10. The van der Waals surface area contributed by atoms with Crippen LogP contribution in [0, 0.1) is 0 Å². The van der Waals surface area contributed by atoms with Crippen molar-refractivity contribution in [2.45, 2.75) is 0 Å². The van der Waals surface area contributed by atoms with Gasteiger partial charge in [0.1, 0.15) is 22.1 Å². The molecule has 0 N–H and O–H groups in total. The number of pyridine rings is 2. The maximum atomic E-state index is 5.29. The highest BCUT2D eigenvalue weighted by Crippen LogP contribution is 2.45. The molecule has 21 rings (SSSR count). The molecule has 0 amide bonds. The number of hydrogen-bond acceptors (Lipinski definition) is 12. The van der Waals surface area contributed by atoms with Crippen molar-refractivity contribution in [1.29, 1.82) is 0 Å². The maximum absolute atomic E-state index is 5.29. The third-order valence-corrected chi connectivity index (χ3v) is 21.7. The summed E-state index contributed by atoms with van der Waals surface area (Å²) in [5, 5.41) is 6.36. The number of rotatable bonds is 13. The van der Waals surface area contributed by atoms with Crippen LogP contribution in [0.25, 0.3) is 211 Å². The highest BCUT2D eigenvalue weighted by Gasteiger charge is 2.24. The first kappa shape index (κ1) is 66.8. The van der Waals surface area contributed by atoms with E-state index in [9.17, 15) is 0 Å². The number of nitrogens with zero attached hydrogens (tertiary/aromatic N) is 10. The zero-order valence-electron chi connectivity index (χ0n) is 60.1. The number of benzene rings is 15. The minimum absolute atomic E-state index is 0.660. The van der Waals surface area contributed by atoms with Gasteiger partial charge in [0.25, 0.3) is 0 Å². The van der Waals surface area contributed by atoms with Crippen LogP contribution < -0.4 is 0 Å². The van der Waals surface area contributed by atoms with Crippen molar-refractivity contribution in [3.8, 4) is 146 Å². The Morgan fingerprint density at radius 1 is 0.170 bits per heavy atom. The van der Waals surface area contributed by atoms with Crippen molar-refractivity contribution < 1.29 is 0 Å². The van der Waals surface area contributed by atoms with Crippen molar-refractivity contribution in [2.24, 2.45) is 0 Å². The van der Waals surface area contributed by atoms with E-state index in [-0.39, 0.29) is 0 Å². The molecule has 6 heterocycles. The van der Waals surface area contributed by atoms with Crippen molar-refractivity contribution >= 4 is 88.9 Å². The average Bonchev–Trinajstić information content (AvgIpc) is 1.29. The molecule has 21 aromatic rings.